The van der Waals surface area contributed by atoms with Gasteiger partial charge in [0, 0.05) is 18.4 Å². The van der Waals surface area contributed by atoms with E-state index in [0.717, 1.165) is 11.6 Å². The molecule has 0 radical (unpaired) electrons. The second kappa shape index (κ2) is 5.61. The first kappa shape index (κ1) is 12.5. The van der Waals surface area contributed by atoms with Crippen molar-refractivity contribution in [2.75, 3.05) is 18.2 Å². The maximum Gasteiger partial charge on any atom is 0.230 e. The van der Waals surface area contributed by atoms with Gasteiger partial charge in [-0.1, -0.05) is 0 Å². The Balaban J connectivity index is 1.93. The third kappa shape index (κ3) is 3.05. The summed E-state index contributed by atoms with van der Waals surface area (Å²) in [6, 6.07) is 8.88. The Morgan fingerprint density at radius 1 is 1.50 bits per heavy atom. The molecule has 1 aromatic rings. The van der Waals surface area contributed by atoms with Crippen molar-refractivity contribution < 1.29 is 4.79 Å². The zero-order valence-electron chi connectivity index (χ0n) is 10.0. The van der Waals surface area contributed by atoms with Gasteiger partial charge < -0.3 is 10.2 Å². The highest BCUT2D eigenvalue weighted by molar-refractivity contribution is 8.02. The van der Waals surface area contributed by atoms with Crippen LogP contribution in [0.3, 0.4) is 0 Å². The number of nitriles is 1. The van der Waals surface area contributed by atoms with E-state index in [0.29, 0.717) is 17.7 Å². The molecule has 1 heterocycles. The van der Waals surface area contributed by atoms with Crippen molar-refractivity contribution in [2.45, 2.75) is 6.42 Å². The van der Waals surface area contributed by atoms with Crippen LogP contribution < -0.4 is 5.32 Å². The number of nitrogens with one attached hydrogen (secondary N) is 1. The number of hydrogen-bond acceptors (Lipinski definition) is 4. The SMILES string of the molecule is CN1CSC=C1CC(=O)Nc1ccc(C#N)cc1. The Labute approximate surface area is 110 Å². The van der Waals surface area contributed by atoms with Gasteiger partial charge in [-0.2, -0.15) is 5.26 Å². The largest absolute Gasteiger partial charge is 0.367 e. The molecular formula is C13H13N3OS. The van der Waals surface area contributed by atoms with Crippen molar-refractivity contribution in [1.82, 2.24) is 4.90 Å². The fourth-order valence-corrected chi connectivity index (χ4v) is 2.51. The molecular weight excluding hydrogens is 246 g/mol. The van der Waals surface area contributed by atoms with Gasteiger partial charge in [-0.25, -0.2) is 0 Å². The maximum absolute atomic E-state index is 11.8. The molecule has 2 rings (SSSR count). The predicted octanol–water partition coefficient (Wildman–Crippen LogP) is 2.36. The summed E-state index contributed by atoms with van der Waals surface area (Å²) in [6.45, 7) is 0. The van der Waals surface area contributed by atoms with E-state index in [4.69, 9.17) is 5.26 Å². The van der Waals surface area contributed by atoms with Crippen molar-refractivity contribution in [3.63, 3.8) is 0 Å². The quantitative estimate of drug-likeness (QED) is 0.905. The molecule has 0 spiro atoms. The molecule has 0 atom stereocenters. The highest BCUT2D eigenvalue weighted by atomic mass is 32.2. The van der Waals surface area contributed by atoms with E-state index in [1.54, 1.807) is 36.0 Å². The summed E-state index contributed by atoms with van der Waals surface area (Å²) in [6.07, 6.45) is 0.378. The van der Waals surface area contributed by atoms with Gasteiger partial charge in [0.15, 0.2) is 0 Å². The topological polar surface area (TPSA) is 56.1 Å². The van der Waals surface area contributed by atoms with Crippen molar-refractivity contribution in [3.05, 3.63) is 40.9 Å². The van der Waals surface area contributed by atoms with Gasteiger partial charge >= 0.3 is 0 Å². The van der Waals surface area contributed by atoms with E-state index in [1.807, 2.05) is 18.5 Å². The maximum atomic E-state index is 11.8. The number of hydrogen-bond donors (Lipinski definition) is 1. The summed E-state index contributed by atoms with van der Waals surface area (Å²) in [5, 5.41) is 13.5. The molecule has 1 amide bonds. The number of amides is 1. The van der Waals surface area contributed by atoms with Gasteiger partial charge in [0.05, 0.1) is 23.9 Å². The Hall–Kier alpha value is -1.93. The molecule has 0 aliphatic carbocycles. The molecule has 1 aliphatic heterocycles. The highest BCUT2D eigenvalue weighted by Crippen LogP contribution is 2.23. The summed E-state index contributed by atoms with van der Waals surface area (Å²) in [5.41, 5.74) is 2.33. The van der Waals surface area contributed by atoms with Crippen LogP contribution in [0.25, 0.3) is 0 Å². The summed E-state index contributed by atoms with van der Waals surface area (Å²) in [7, 11) is 1.97. The molecule has 18 heavy (non-hydrogen) atoms. The second-order valence-electron chi connectivity index (χ2n) is 4.02. The lowest BCUT2D eigenvalue weighted by Gasteiger charge is -2.14. The van der Waals surface area contributed by atoms with Crippen LogP contribution in [0.15, 0.2) is 35.4 Å². The molecule has 1 aromatic carbocycles. The smallest absolute Gasteiger partial charge is 0.230 e. The summed E-state index contributed by atoms with van der Waals surface area (Å²) >= 11 is 1.69. The van der Waals surface area contributed by atoms with Crippen LogP contribution in [0.4, 0.5) is 5.69 Å². The highest BCUT2D eigenvalue weighted by Gasteiger charge is 2.14. The number of carbonyl (C=O) groups is 1. The fourth-order valence-electron chi connectivity index (χ4n) is 1.59. The summed E-state index contributed by atoms with van der Waals surface area (Å²) in [5.74, 6) is 0.861. The number of rotatable bonds is 3. The first-order chi connectivity index (χ1) is 8.69. The average Bonchev–Trinajstić information content (AvgIpc) is 2.76. The lowest BCUT2D eigenvalue weighted by Crippen LogP contribution is -2.19. The van der Waals surface area contributed by atoms with Gasteiger partial charge in [0.2, 0.25) is 5.91 Å². The van der Waals surface area contributed by atoms with E-state index < -0.39 is 0 Å². The fraction of sp³-hybridized carbons (Fsp3) is 0.231. The predicted molar refractivity (Wildman–Crippen MR) is 72.7 cm³/mol. The van der Waals surface area contributed by atoms with E-state index in [-0.39, 0.29) is 5.91 Å². The van der Waals surface area contributed by atoms with Crippen LogP contribution in [-0.2, 0) is 4.79 Å². The Morgan fingerprint density at radius 3 is 2.78 bits per heavy atom. The minimum absolute atomic E-state index is 0.0414. The van der Waals surface area contributed by atoms with Crippen LogP contribution in [0, 0.1) is 11.3 Å². The van der Waals surface area contributed by atoms with Crippen molar-refractivity contribution >= 4 is 23.4 Å². The zero-order chi connectivity index (χ0) is 13.0. The molecule has 0 bridgehead atoms. The van der Waals surface area contributed by atoms with E-state index >= 15 is 0 Å². The average molecular weight is 259 g/mol. The van der Waals surface area contributed by atoms with E-state index in [2.05, 4.69) is 10.2 Å². The lowest BCUT2D eigenvalue weighted by atomic mass is 10.2. The minimum Gasteiger partial charge on any atom is -0.367 e. The van der Waals surface area contributed by atoms with Crippen LogP contribution >= 0.6 is 11.8 Å². The van der Waals surface area contributed by atoms with Crippen molar-refractivity contribution in [1.29, 1.82) is 5.26 Å². The van der Waals surface area contributed by atoms with Crippen LogP contribution in [0.1, 0.15) is 12.0 Å². The first-order valence-electron chi connectivity index (χ1n) is 5.51. The second-order valence-corrected chi connectivity index (χ2v) is 4.84. The molecule has 4 nitrogen and oxygen atoms in total. The molecule has 0 fully saturated rings. The standard InChI is InChI=1S/C13H13N3OS/c1-16-9-18-8-12(16)6-13(17)15-11-4-2-10(7-14)3-5-11/h2-5,8H,6,9H2,1H3,(H,15,17). The molecule has 0 saturated heterocycles. The monoisotopic (exact) mass is 259 g/mol. The lowest BCUT2D eigenvalue weighted by molar-refractivity contribution is -0.115. The Kier molecular flexibility index (Phi) is 3.90. The van der Waals surface area contributed by atoms with Gasteiger partial charge in [0.1, 0.15) is 0 Å². The number of carbonyl (C=O) groups excluding carboxylic acids is 1. The van der Waals surface area contributed by atoms with Gasteiger partial charge in [0.25, 0.3) is 0 Å². The van der Waals surface area contributed by atoms with Crippen LogP contribution in [0.2, 0.25) is 0 Å². The van der Waals surface area contributed by atoms with E-state index in [9.17, 15) is 4.79 Å². The molecule has 0 aromatic heterocycles. The zero-order valence-corrected chi connectivity index (χ0v) is 10.8. The molecule has 5 heteroatoms. The van der Waals surface area contributed by atoms with Crippen LogP contribution in [-0.4, -0.2) is 23.7 Å². The third-order valence-corrected chi connectivity index (χ3v) is 3.59. The Bertz CT molecular complexity index is 516. The normalized spacial score (nSPS) is 14.0. The van der Waals surface area contributed by atoms with Crippen LogP contribution in [0.5, 0.6) is 0 Å². The molecule has 0 saturated carbocycles. The van der Waals surface area contributed by atoms with E-state index in [1.165, 1.54) is 0 Å². The number of nitrogens with zero attached hydrogens (tertiary/aromatic N) is 2. The number of anilines is 1. The number of benzene rings is 1. The van der Waals surface area contributed by atoms with Crippen molar-refractivity contribution in [2.24, 2.45) is 0 Å². The van der Waals surface area contributed by atoms with Gasteiger partial charge in [-0.05, 0) is 29.7 Å². The molecule has 1 N–H and O–H groups in total. The Morgan fingerprint density at radius 2 is 2.22 bits per heavy atom. The molecule has 1 aliphatic rings. The molecule has 0 unspecified atom stereocenters. The van der Waals surface area contributed by atoms with Gasteiger partial charge in [-0.15, -0.1) is 11.8 Å². The summed E-state index contributed by atoms with van der Waals surface area (Å²) in [4.78, 5) is 13.9. The number of thioether (sulfide) groups is 1. The minimum atomic E-state index is -0.0414. The van der Waals surface area contributed by atoms with Gasteiger partial charge in [-0.3, -0.25) is 4.79 Å². The first-order valence-corrected chi connectivity index (χ1v) is 6.56. The summed E-state index contributed by atoms with van der Waals surface area (Å²) < 4.78 is 0. The van der Waals surface area contributed by atoms with Crippen molar-refractivity contribution in [3.8, 4) is 6.07 Å². The molecule has 92 valence electrons. The third-order valence-electron chi connectivity index (χ3n) is 2.62.